The second-order valence-corrected chi connectivity index (χ2v) is 4.72. The van der Waals surface area contributed by atoms with E-state index in [1.807, 2.05) is 18.2 Å². The molecule has 3 rings (SSSR count). The second-order valence-electron chi connectivity index (χ2n) is 4.72. The smallest absolute Gasteiger partial charge is 0.261 e. The van der Waals surface area contributed by atoms with Crippen molar-refractivity contribution in [2.45, 2.75) is 6.92 Å². The highest BCUT2D eigenvalue weighted by Crippen LogP contribution is 2.21. The zero-order valence-electron chi connectivity index (χ0n) is 11.4. The molecule has 2 heterocycles. The molecule has 0 atom stereocenters. The maximum Gasteiger partial charge on any atom is 0.261 e. The van der Waals surface area contributed by atoms with Crippen LogP contribution in [0.15, 0.2) is 53.6 Å². The molecule has 0 radical (unpaired) electrons. The Morgan fingerprint density at radius 3 is 2.90 bits per heavy atom. The lowest BCUT2D eigenvalue weighted by molar-refractivity contribution is 0.102. The van der Waals surface area contributed by atoms with Gasteiger partial charge in [0.25, 0.3) is 5.91 Å². The van der Waals surface area contributed by atoms with Crippen LogP contribution in [0.25, 0.3) is 10.9 Å². The van der Waals surface area contributed by atoms with Crippen LogP contribution in [0, 0.1) is 6.92 Å². The van der Waals surface area contributed by atoms with Gasteiger partial charge in [0.2, 0.25) is 0 Å². The topological polar surface area (TPSA) is 74.8 Å². The van der Waals surface area contributed by atoms with Crippen LogP contribution in [0.2, 0.25) is 0 Å². The minimum absolute atomic E-state index is 0.0847. The number of anilines is 1. The Balaban J connectivity index is 1.99. The van der Waals surface area contributed by atoms with E-state index in [9.17, 15) is 9.59 Å². The Bertz CT molecular complexity index is 879. The molecule has 0 saturated carbocycles. The van der Waals surface area contributed by atoms with Crippen LogP contribution in [0.4, 0.5) is 5.69 Å². The Hall–Kier alpha value is -2.95. The lowest BCUT2D eigenvalue weighted by atomic mass is 10.1. The average molecular weight is 279 g/mol. The van der Waals surface area contributed by atoms with Gasteiger partial charge in [-0.15, -0.1) is 0 Å². The van der Waals surface area contributed by atoms with Crippen LogP contribution in [-0.2, 0) is 0 Å². The van der Waals surface area contributed by atoms with Crippen LogP contribution < -0.4 is 10.7 Å². The van der Waals surface area contributed by atoms with Crippen molar-refractivity contribution in [2.24, 2.45) is 0 Å². The van der Waals surface area contributed by atoms with E-state index < -0.39 is 5.91 Å². The number of aryl methyl sites for hydroxylation is 1. The van der Waals surface area contributed by atoms with Gasteiger partial charge in [0.1, 0.15) is 5.56 Å². The first-order chi connectivity index (χ1) is 10.1. The van der Waals surface area contributed by atoms with Crippen molar-refractivity contribution < 1.29 is 4.79 Å². The second kappa shape index (κ2) is 5.20. The summed E-state index contributed by atoms with van der Waals surface area (Å²) in [7, 11) is 0. The van der Waals surface area contributed by atoms with Crippen molar-refractivity contribution in [3.8, 4) is 0 Å². The number of fused-ring (bicyclic) bond motifs is 1. The van der Waals surface area contributed by atoms with Crippen molar-refractivity contribution in [1.82, 2.24) is 9.97 Å². The van der Waals surface area contributed by atoms with Crippen LogP contribution in [0.5, 0.6) is 0 Å². The fourth-order valence-electron chi connectivity index (χ4n) is 2.15. The summed E-state index contributed by atoms with van der Waals surface area (Å²) in [5.41, 5.74) is 1.91. The highest BCUT2D eigenvalue weighted by atomic mass is 16.2. The van der Waals surface area contributed by atoms with E-state index in [1.165, 1.54) is 12.3 Å². The number of carbonyl (C=O) groups excluding carboxylic acids is 1. The number of hydrogen-bond donors (Lipinski definition) is 2. The number of aromatic amines is 1. The van der Waals surface area contributed by atoms with Gasteiger partial charge in [-0.2, -0.15) is 0 Å². The summed E-state index contributed by atoms with van der Waals surface area (Å²) in [6, 6.07) is 10.5. The van der Waals surface area contributed by atoms with E-state index in [2.05, 4.69) is 15.3 Å². The molecule has 5 heteroatoms. The number of pyridine rings is 2. The summed E-state index contributed by atoms with van der Waals surface area (Å²) in [4.78, 5) is 31.2. The van der Waals surface area contributed by atoms with Gasteiger partial charge >= 0.3 is 0 Å². The molecular formula is C16H13N3O2. The standard InChI is InChI=1S/C16H13N3O2/c1-10-8-15(20)12(9-18-10)16(21)19-14-6-2-5-13-11(14)4-3-7-17-13/h2-9H,1H3,(H,18,20)(H,19,21). The minimum Gasteiger partial charge on any atom is -0.364 e. The molecule has 1 amide bonds. The molecule has 1 aromatic carbocycles. The van der Waals surface area contributed by atoms with E-state index in [0.717, 1.165) is 10.9 Å². The number of nitrogens with one attached hydrogen (secondary N) is 2. The number of amides is 1. The largest absolute Gasteiger partial charge is 0.364 e. The number of nitrogens with zero attached hydrogens (tertiary/aromatic N) is 1. The van der Waals surface area contributed by atoms with Crippen molar-refractivity contribution in [3.63, 3.8) is 0 Å². The summed E-state index contributed by atoms with van der Waals surface area (Å²) in [6.07, 6.45) is 3.12. The van der Waals surface area contributed by atoms with Gasteiger partial charge in [-0.3, -0.25) is 14.6 Å². The van der Waals surface area contributed by atoms with Crippen molar-refractivity contribution in [1.29, 1.82) is 0 Å². The molecule has 2 aromatic heterocycles. The molecule has 0 aliphatic rings. The van der Waals surface area contributed by atoms with Crippen LogP contribution in [0.1, 0.15) is 16.1 Å². The molecule has 0 bridgehead atoms. The molecule has 104 valence electrons. The first kappa shape index (κ1) is 13.1. The first-order valence-electron chi connectivity index (χ1n) is 6.49. The van der Waals surface area contributed by atoms with Gasteiger partial charge in [0, 0.05) is 29.5 Å². The van der Waals surface area contributed by atoms with Crippen LogP contribution in [-0.4, -0.2) is 15.9 Å². The summed E-state index contributed by atoms with van der Waals surface area (Å²) >= 11 is 0. The maximum atomic E-state index is 12.2. The molecule has 0 unspecified atom stereocenters. The maximum absolute atomic E-state index is 12.2. The van der Waals surface area contributed by atoms with E-state index in [1.54, 1.807) is 25.3 Å². The predicted octanol–water partition coefficient (Wildman–Crippen LogP) is 2.48. The number of aromatic nitrogens is 2. The number of benzene rings is 1. The Morgan fingerprint density at radius 2 is 2.10 bits per heavy atom. The third-order valence-corrected chi connectivity index (χ3v) is 3.20. The summed E-state index contributed by atoms with van der Waals surface area (Å²) in [5, 5.41) is 3.59. The van der Waals surface area contributed by atoms with Gasteiger partial charge in [-0.05, 0) is 31.2 Å². The molecule has 0 fully saturated rings. The number of rotatable bonds is 2. The quantitative estimate of drug-likeness (QED) is 0.756. The Labute approximate surface area is 120 Å². The Morgan fingerprint density at radius 1 is 1.24 bits per heavy atom. The number of hydrogen-bond acceptors (Lipinski definition) is 3. The summed E-state index contributed by atoms with van der Waals surface area (Å²) < 4.78 is 0. The molecule has 0 spiro atoms. The van der Waals surface area contributed by atoms with Crippen molar-refractivity contribution in [3.05, 3.63) is 70.3 Å². The zero-order valence-corrected chi connectivity index (χ0v) is 11.4. The Kier molecular flexibility index (Phi) is 3.23. The minimum atomic E-state index is -0.437. The van der Waals surface area contributed by atoms with Crippen LogP contribution in [0.3, 0.4) is 0 Å². The number of carbonyl (C=O) groups is 1. The molecule has 0 aliphatic heterocycles. The summed E-state index contributed by atoms with van der Waals surface area (Å²) in [6.45, 7) is 1.76. The fraction of sp³-hybridized carbons (Fsp3) is 0.0625. The molecule has 21 heavy (non-hydrogen) atoms. The van der Waals surface area contributed by atoms with Gasteiger partial charge in [-0.1, -0.05) is 6.07 Å². The fourth-order valence-corrected chi connectivity index (χ4v) is 2.15. The van der Waals surface area contributed by atoms with E-state index in [-0.39, 0.29) is 11.0 Å². The molecule has 0 saturated heterocycles. The van der Waals surface area contributed by atoms with Crippen molar-refractivity contribution in [2.75, 3.05) is 5.32 Å². The lowest BCUT2D eigenvalue weighted by Crippen LogP contribution is -2.21. The zero-order chi connectivity index (χ0) is 14.8. The SMILES string of the molecule is Cc1cc(=O)c(C(=O)Nc2cccc3ncccc23)c[nH]1. The highest BCUT2D eigenvalue weighted by Gasteiger charge is 2.12. The van der Waals surface area contributed by atoms with E-state index in [0.29, 0.717) is 11.4 Å². The molecule has 5 nitrogen and oxygen atoms in total. The third-order valence-electron chi connectivity index (χ3n) is 3.20. The predicted molar refractivity (Wildman–Crippen MR) is 81.5 cm³/mol. The average Bonchev–Trinajstić information content (AvgIpc) is 2.47. The summed E-state index contributed by atoms with van der Waals surface area (Å²) in [5.74, 6) is -0.437. The molecule has 3 aromatic rings. The number of H-pyrrole nitrogens is 1. The van der Waals surface area contributed by atoms with Gasteiger partial charge < -0.3 is 10.3 Å². The van der Waals surface area contributed by atoms with Gasteiger partial charge in [-0.25, -0.2) is 0 Å². The molecule has 2 N–H and O–H groups in total. The van der Waals surface area contributed by atoms with Crippen LogP contribution >= 0.6 is 0 Å². The first-order valence-corrected chi connectivity index (χ1v) is 6.49. The normalized spacial score (nSPS) is 10.5. The van der Waals surface area contributed by atoms with Gasteiger partial charge in [0.15, 0.2) is 5.43 Å². The monoisotopic (exact) mass is 279 g/mol. The van der Waals surface area contributed by atoms with E-state index in [4.69, 9.17) is 0 Å². The highest BCUT2D eigenvalue weighted by molar-refractivity contribution is 6.08. The van der Waals surface area contributed by atoms with Gasteiger partial charge in [0.05, 0.1) is 11.2 Å². The lowest BCUT2D eigenvalue weighted by Gasteiger charge is -2.08. The van der Waals surface area contributed by atoms with E-state index >= 15 is 0 Å². The third kappa shape index (κ3) is 2.53. The molecular weight excluding hydrogens is 266 g/mol. The molecule has 0 aliphatic carbocycles. The van der Waals surface area contributed by atoms with Crippen molar-refractivity contribution >= 4 is 22.5 Å².